The van der Waals surface area contributed by atoms with Gasteiger partial charge in [0.05, 0.1) is 11.7 Å². The van der Waals surface area contributed by atoms with Gasteiger partial charge in [-0.2, -0.15) is 0 Å². The maximum Gasteiger partial charge on any atom is 0.263 e. The van der Waals surface area contributed by atoms with Gasteiger partial charge in [0.2, 0.25) is 0 Å². The zero-order valence-electron chi connectivity index (χ0n) is 12.0. The standard InChI is InChI=1S/C17H20N2OS/c20-16(15-11-18-13-21-15)19-12-17(9-5-2-6-10-17)14-7-3-1-4-8-14/h1,3-4,7-8,11,13H,2,5-6,9-10,12H2,(H,19,20). The number of rotatable bonds is 4. The number of thiazole rings is 1. The third-order valence-corrected chi connectivity index (χ3v) is 5.21. The van der Waals surface area contributed by atoms with Crippen LogP contribution < -0.4 is 5.32 Å². The summed E-state index contributed by atoms with van der Waals surface area (Å²) in [5, 5.41) is 3.13. The maximum atomic E-state index is 12.2. The molecule has 2 aromatic rings. The molecule has 3 rings (SSSR count). The first-order valence-electron chi connectivity index (χ1n) is 7.52. The highest BCUT2D eigenvalue weighted by Gasteiger charge is 2.34. The lowest BCUT2D eigenvalue weighted by atomic mass is 9.69. The molecule has 0 saturated heterocycles. The minimum absolute atomic E-state index is 0.00150. The van der Waals surface area contributed by atoms with Crippen molar-refractivity contribution >= 4 is 17.2 Å². The third kappa shape index (κ3) is 3.16. The van der Waals surface area contributed by atoms with E-state index in [1.165, 1.54) is 36.2 Å². The van der Waals surface area contributed by atoms with Crippen molar-refractivity contribution in [1.29, 1.82) is 0 Å². The number of carbonyl (C=O) groups excluding carboxylic acids is 1. The number of carbonyl (C=O) groups is 1. The SMILES string of the molecule is O=C(NCC1(c2ccccc2)CCCCC1)c1cncs1. The molecule has 1 amide bonds. The predicted octanol–water partition coefficient (Wildman–Crippen LogP) is 3.78. The molecular formula is C17H20N2OS. The average Bonchev–Trinajstić information content (AvgIpc) is 3.09. The first-order valence-corrected chi connectivity index (χ1v) is 8.40. The van der Waals surface area contributed by atoms with E-state index in [9.17, 15) is 4.79 Å². The van der Waals surface area contributed by atoms with Gasteiger partial charge < -0.3 is 5.32 Å². The Kier molecular flexibility index (Phi) is 4.34. The minimum atomic E-state index is -0.00150. The van der Waals surface area contributed by atoms with Gasteiger partial charge in [-0.3, -0.25) is 9.78 Å². The summed E-state index contributed by atoms with van der Waals surface area (Å²) in [4.78, 5) is 16.8. The second kappa shape index (κ2) is 6.39. The van der Waals surface area contributed by atoms with Crippen molar-refractivity contribution in [1.82, 2.24) is 10.3 Å². The van der Waals surface area contributed by atoms with E-state index in [1.807, 2.05) is 0 Å². The Morgan fingerprint density at radius 3 is 2.62 bits per heavy atom. The van der Waals surface area contributed by atoms with Crippen LogP contribution in [0.4, 0.5) is 0 Å². The van der Waals surface area contributed by atoms with Crippen molar-refractivity contribution in [3.8, 4) is 0 Å². The zero-order chi connectivity index (χ0) is 14.5. The van der Waals surface area contributed by atoms with Crippen molar-refractivity contribution in [2.75, 3.05) is 6.54 Å². The second-order valence-electron chi connectivity index (χ2n) is 5.76. The van der Waals surface area contributed by atoms with Gasteiger partial charge in [-0.05, 0) is 18.4 Å². The van der Waals surface area contributed by atoms with E-state index in [0.29, 0.717) is 11.4 Å². The largest absolute Gasteiger partial charge is 0.350 e. The highest BCUT2D eigenvalue weighted by Crippen LogP contribution is 2.38. The fourth-order valence-corrected chi connectivity index (χ4v) is 3.79. The molecule has 110 valence electrons. The van der Waals surface area contributed by atoms with Crippen LogP contribution in [0.2, 0.25) is 0 Å². The number of aromatic nitrogens is 1. The lowest BCUT2D eigenvalue weighted by Gasteiger charge is -2.38. The summed E-state index contributed by atoms with van der Waals surface area (Å²) < 4.78 is 0. The molecule has 21 heavy (non-hydrogen) atoms. The number of amides is 1. The van der Waals surface area contributed by atoms with Crippen LogP contribution in [0.5, 0.6) is 0 Å². The quantitative estimate of drug-likeness (QED) is 0.933. The third-order valence-electron chi connectivity index (χ3n) is 4.44. The Labute approximate surface area is 129 Å². The van der Waals surface area contributed by atoms with Crippen molar-refractivity contribution in [2.24, 2.45) is 0 Å². The molecule has 0 radical (unpaired) electrons. The molecule has 4 heteroatoms. The molecular weight excluding hydrogens is 280 g/mol. The van der Waals surface area contributed by atoms with E-state index in [4.69, 9.17) is 0 Å². The van der Waals surface area contributed by atoms with Crippen LogP contribution in [-0.2, 0) is 5.41 Å². The molecule has 1 N–H and O–H groups in total. The molecule has 0 bridgehead atoms. The highest BCUT2D eigenvalue weighted by molar-refractivity contribution is 7.11. The smallest absolute Gasteiger partial charge is 0.263 e. The molecule has 1 aromatic carbocycles. The fourth-order valence-electron chi connectivity index (χ4n) is 3.25. The molecule has 1 aliphatic rings. The number of benzene rings is 1. The zero-order valence-corrected chi connectivity index (χ0v) is 12.9. The van der Waals surface area contributed by atoms with Crippen LogP contribution in [0, 0.1) is 0 Å². The van der Waals surface area contributed by atoms with Crippen molar-refractivity contribution in [2.45, 2.75) is 37.5 Å². The Morgan fingerprint density at radius 1 is 1.19 bits per heavy atom. The summed E-state index contributed by atoms with van der Waals surface area (Å²) in [5.74, 6) is -0.00150. The summed E-state index contributed by atoms with van der Waals surface area (Å²) in [5.41, 5.74) is 3.15. The van der Waals surface area contributed by atoms with Crippen LogP contribution in [0.15, 0.2) is 42.0 Å². The van der Waals surface area contributed by atoms with E-state index in [1.54, 1.807) is 11.7 Å². The molecule has 0 unspecified atom stereocenters. The molecule has 1 fully saturated rings. The monoisotopic (exact) mass is 300 g/mol. The van der Waals surface area contributed by atoms with Gasteiger partial charge in [0.25, 0.3) is 5.91 Å². The van der Waals surface area contributed by atoms with E-state index in [2.05, 4.69) is 40.6 Å². The first kappa shape index (κ1) is 14.3. The number of nitrogens with one attached hydrogen (secondary N) is 1. The lowest BCUT2D eigenvalue weighted by molar-refractivity contribution is 0.0940. The number of hydrogen-bond donors (Lipinski definition) is 1. The Morgan fingerprint density at radius 2 is 1.95 bits per heavy atom. The van der Waals surface area contributed by atoms with Crippen LogP contribution >= 0.6 is 11.3 Å². The van der Waals surface area contributed by atoms with Crippen molar-refractivity contribution in [3.05, 3.63) is 52.5 Å². The lowest BCUT2D eigenvalue weighted by Crippen LogP contribution is -2.42. The summed E-state index contributed by atoms with van der Waals surface area (Å²) in [6.07, 6.45) is 7.73. The molecule has 3 nitrogen and oxygen atoms in total. The molecule has 1 saturated carbocycles. The van der Waals surface area contributed by atoms with Crippen LogP contribution in [0.3, 0.4) is 0 Å². The van der Waals surface area contributed by atoms with Gasteiger partial charge in [0, 0.05) is 12.0 Å². The van der Waals surface area contributed by atoms with E-state index < -0.39 is 0 Å². The fraction of sp³-hybridized carbons (Fsp3) is 0.412. The summed E-state index contributed by atoms with van der Waals surface area (Å²) in [7, 11) is 0. The van der Waals surface area contributed by atoms with Gasteiger partial charge in [-0.25, -0.2) is 0 Å². The Hall–Kier alpha value is -1.68. The molecule has 1 aliphatic carbocycles. The molecule has 1 aromatic heterocycles. The molecule has 0 spiro atoms. The topological polar surface area (TPSA) is 42.0 Å². The van der Waals surface area contributed by atoms with Crippen molar-refractivity contribution in [3.63, 3.8) is 0 Å². The Bertz CT molecular complexity index is 574. The maximum absolute atomic E-state index is 12.2. The minimum Gasteiger partial charge on any atom is -0.350 e. The highest BCUT2D eigenvalue weighted by atomic mass is 32.1. The molecule has 1 heterocycles. The van der Waals surface area contributed by atoms with E-state index in [-0.39, 0.29) is 11.3 Å². The van der Waals surface area contributed by atoms with Gasteiger partial charge in [-0.15, -0.1) is 11.3 Å². The first-order chi connectivity index (χ1) is 10.3. The van der Waals surface area contributed by atoms with E-state index >= 15 is 0 Å². The average molecular weight is 300 g/mol. The summed E-state index contributed by atoms with van der Waals surface area (Å²) in [6, 6.07) is 10.6. The van der Waals surface area contributed by atoms with Crippen LogP contribution in [0.1, 0.15) is 47.3 Å². The van der Waals surface area contributed by atoms with Gasteiger partial charge in [0.15, 0.2) is 0 Å². The van der Waals surface area contributed by atoms with E-state index in [0.717, 1.165) is 12.8 Å². The van der Waals surface area contributed by atoms with Gasteiger partial charge in [0.1, 0.15) is 4.88 Å². The van der Waals surface area contributed by atoms with Crippen LogP contribution in [0.25, 0.3) is 0 Å². The number of nitrogens with zero attached hydrogens (tertiary/aromatic N) is 1. The van der Waals surface area contributed by atoms with Crippen molar-refractivity contribution < 1.29 is 4.79 Å². The molecule has 0 aliphatic heterocycles. The predicted molar refractivity (Wildman–Crippen MR) is 85.7 cm³/mol. The second-order valence-corrected chi connectivity index (χ2v) is 6.64. The summed E-state index contributed by atoms with van der Waals surface area (Å²) >= 11 is 1.39. The molecule has 0 atom stereocenters. The van der Waals surface area contributed by atoms with Gasteiger partial charge >= 0.3 is 0 Å². The van der Waals surface area contributed by atoms with Crippen LogP contribution in [-0.4, -0.2) is 17.4 Å². The number of hydrogen-bond acceptors (Lipinski definition) is 3. The summed E-state index contributed by atoms with van der Waals surface area (Å²) in [6.45, 7) is 0.716. The Balaban J connectivity index is 1.76. The van der Waals surface area contributed by atoms with Gasteiger partial charge in [-0.1, -0.05) is 49.6 Å². The normalized spacial score (nSPS) is 17.3.